The molecule has 3 aromatic rings. The molecule has 1 aliphatic rings. The monoisotopic (exact) mass is 524 g/mol. The number of methoxy groups -OCH3 is 4. The second kappa shape index (κ2) is 10.9. The summed E-state index contributed by atoms with van der Waals surface area (Å²) in [7, 11) is 6.14. The number of allylic oxidation sites excluding steroid dienone is 1. The van der Waals surface area contributed by atoms with Crippen molar-refractivity contribution in [1.29, 1.82) is 0 Å². The van der Waals surface area contributed by atoms with Crippen LogP contribution in [0.5, 0.6) is 23.0 Å². The topological polar surface area (TPSA) is 97.6 Å². The highest BCUT2D eigenvalue weighted by Crippen LogP contribution is 2.38. The maximum absolute atomic E-state index is 13.8. The van der Waals surface area contributed by atoms with E-state index in [1.165, 1.54) is 37.2 Å². The number of aromatic nitrogens is 1. The predicted octanol–water partition coefficient (Wildman–Crippen LogP) is 2.83. The molecule has 2 aromatic carbocycles. The van der Waals surface area contributed by atoms with Gasteiger partial charge in [-0.15, -0.1) is 0 Å². The Morgan fingerprint density at radius 2 is 1.68 bits per heavy atom. The first-order valence-electron chi connectivity index (χ1n) is 11.5. The van der Waals surface area contributed by atoms with Gasteiger partial charge in [-0.1, -0.05) is 29.5 Å². The number of rotatable bonds is 8. The zero-order valence-electron chi connectivity index (χ0n) is 21.5. The molecule has 0 N–H and O–H groups in total. The molecule has 1 atom stereocenters. The Morgan fingerprint density at radius 3 is 2.27 bits per heavy atom. The Labute approximate surface area is 217 Å². The number of benzene rings is 2. The number of hydrogen-bond acceptors (Lipinski definition) is 9. The van der Waals surface area contributed by atoms with Crippen molar-refractivity contribution in [2.45, 2.75) is 19.9 Å². The lowest BCUT2D eigenvalue weighted by Gasteiger charge is -2.25. The summed E-state index contributed by atoms with van der Waals surface area (Å²) in [6.07, 6.45) is 1.73. The van der Waals surface area contributed by atoms with Gasteiger partial charge in [-0.05, 0) is 43.7 Å². The Bertz CT molecular complexity index is 1530. The molecule has 10 heteroatoms. The van der Waals surface area contributed by atoms with Gasteiger partial charge in [0.2, 0.25) is 5.75 Å². The number of fused-ring (bicyclic) bond motifs is 1. The van der Waals surface area contributed by atoms with Gasteiger partial charge in [0.05, 0.1) is 50.8 Å². The molecule has 4 rings (SSSR count). The Balaban J connectivity index is 1.98. The first kappa shape index (κ1) is 26.0. The minimum absolute atomic E-state index is 0.194. The number of hydrogen-bond donors (Lipinski definition) is 0. The van der Waals surface area contributed by atoms with Crippen molar-refractivity contribution >= 4 is 23.4 Å². The van der Waals surface area contributed by atoms with E-state index in [1.54, 1.807) is 45.2 Å². The molecule has 2 heterocycles. The van der Waals surface area contributed by atoms with E-state index in [-0.39, 0.29) is 17.7 Å². The van der Waals surface area contributed by atoms with Gasteiger partial charge in [-0.25, -0.2) is 9.79 Å². The van der Waals surface area contributed by atoms with E-state index in [9.17, 15) is 9.59 Å². The Morgan fingerprint density at radius 1 is 1.03 bits per heavy atom. The van der Waals surface area contributed by atoms with Crippen molar-refractivity contribution in [2.75, 3.05) is 35.0 Å². The molecule has 0 aliphatic carbocycles. The van der Waals surface area contributed by atoms with Gasteiger partial charge in [-0.2, -0.15) is 0 Å². The van der Waals surface area contributed by atoms with Gasteiger partial charge in [0.15, 0.2) is 16.3 Å². The molecule has 1 aromatic heterocycles. The molecule has 0 amide bonds. The number of esters is 1. The Hall–Kier alpha value is -4.05. The van der Waals surface area contributed by atoms with E-state index < -0.39 is 12.0 Å². The van der Waals surface area contributed by atoms with Crippen molar-refractivity contribution in [3.63, 3.8) is 0 Å². The maximum Gasteiger partial charge on any atom is 0.338 e. The summed E-state index contributed by atoms with van der Waals surface area (Å²) in [6.45, 7) is 3.67. The third-order valence-electron chi connectivity index (χ3n) is 5.94. The van der Waals surface area contributed by atoms with Crippen molar-refractivity contribution < 1.29 is 28.5 Å². The van der Waals surface area contributed by atoms with Crippen LogP contribution in [0.25, 0.3) is 6.08 Å². The number of carbonyl (C=O) groups is 1. The average Bonchev–Trinajstić information content (AvgIpc) is 3.21. The molecule has 9 nitrogen and oxygen atoms in total. The Kier molecular flexibility index (Phi) is 7.68. The minimum atomic E-state index is -0.770. The van der Waals surface area contributed by atoms with Gasteiger partial charge in [-0.3, -0.25) is 9.36 Å². The number of ether oxygens (including phenoxy) is 5. The van der Waals surface area contributed by atoms with Crippen molar-refractivity contribution in [3.8, 4) is 23.0 Å². The van der Waals surface area contributed by atoms with Gasteiger partial charge < -0.3 is 23.7 Å². The normalized spacial score (nSPS) is 15.1. The van der Waals surface area contributed by atoms with Crippen LogP contribution in [0, 0.1) is 0 Å². The fourth-order valence-corrected chi connectivity index (χ4v) is 5.36. The van der Waals surface area contributed by atoms with E-state index in [2.05, 4.69) is 4.99 Å². The summed E-state index contributed by atoms with van der Waals surface area (Å²) < 4.78 is 29.2. The maximum atomic E-state index is 13.8. The molecular formula is C27H28N2O7S. The van der Waals surface area contributed by atoms with Gasteiger partial charge in [0, 0.05) is 5.56 Å². The van der Waals surface area contributed by atoms with Crippen LogP contribution in [0.1, 0.15) is 31.0 Å². The number of nitrogens with zero attached hydrogens (tertiary/aromatic N) is 2. The van der Waals surface area contributed by atoms with Crippen molar-refractivity contribution in [3.05, 3.63) is 78.5 Å². The molecule has 0 bridgehead atoms. The van der Waals surface area contributed by atoms with Crippen LogP contribution in [0.15, 0.2) is 57.5 Å². The van der Waals surface area contributed by atoms with Crippen LogP contribution in [-0.4, -0.2) is 45.6 Å². The zero-order valence-corrected chi connectivity index (χ0v) is 22.3. The lowest BCUT2D eigenvalue weighted by atomic mass is 9.95. The quantitative estimate of drug-likeness (QED) is 0.418. The van der Waals surface area contributed by atoms with Crippen LogP contribution in [0.2, 0.25) is 0 Å². The second-order valence-corrected chi connectivity index (χ2v) is 9.01. The first-order chi connectivity index (χ1) is 17.9. The van der Waals surface area contributed by atoms with Crippen LogP contribution in [-0.2, 0) is 9.53 Å². The lowest BCUT2D eigenvalue weighted by Crippen LogP contribution is -2.40. The van der Waals surface area contributed by atoms with Crippen molar-refractivity contribution in [1.82, 2.24) is 4.57 Å². The SMILES string of the molecule is CCOC(=O)C1=C(C)N=c2s/c(=C/c3cc(OC)c(OC)c(OC)c3)c(=O)n2C1c1ccccc1OC. The first-order valence-corrected chi connectivity index (χ1v) is 12.3. The fourth-order valence-electron chi connectivity index (χ4n) is 4.31. The third-order valence-corrected chi connectivity index (χ3v) is 6.92. The molecule has 1 unspecified atom stereocenters. The van der Waals surface area contributed by atoms with E-state index in [1.807, 2.05) is 18.2 Å². The number of thiazole rings is 1. The molecular weight excluding hydrogens is 496 g/mol. The smallest absolute Gasteiger partial charge is 0.338 e. The number of carbonyl (C=O) groups excluding carboxylic acids is 1. The molecule has 37 heavy (non-hydrogen) atoms. The van der Waals surface area contributed by atoms with Crippen LogP contribution >= 0.6 is 11.3 Å². The highest BCUT2D eigenvalue weighted by molar-refractivity contribution is 7.07. The minimum Gasteiger partial charge on any atom is -0.496 e. The summed E-state index contributed by atoms with van der Waals surface area (Å²) in [5, 5.41) is 0. The van der Waals surface area contributed by atoms with Crippen molar-refractivity contribution in [2.24, 2.45) is 4.99 Å². The molecule has 0 fully saturated rings. The van der Waals surface area contributed by atoms with Crippen LogP contribution in [0.3, 0.4) is 0 Å². The molecule has 0 spiro atoms. The standard InChI is InChI=1S/C27H28N2O7S/c1-7-36-26(31)22-15(2)28-27-29(23(22)17-10-8-9-11-18(17)32-3)25(30)21(37-27)14-16-12-19(33-4)24(35-6)20(13-16)34-5/h8-14,23H,7H2,1-6H3/b21-14+. The average molecular weight is 525 g/mol. The van der Waals surface area contributed by atoms with E-state index in [4.69, 9.17) is 23.7 Å². The summed E-state index contributed by atoms with van der Waals surface area (Å²) in [5.41, 5.74) is 1.80. The predicted molar refractivity (Wildman–Crippen MR) is 139 cm³/mol. The zero-order chi connectivity index (χ0) is 26.7. The highest BCUT2D eigenvalue weighted by atomic mass is 32.1. The third kappa shape index (κ3) is 4.72. The van der Waals surface area contributed by atoms with Gasteiger partial charge in [0.25, 0.3) is 5.56 Å². The van der Waals surface area contributed by atoms with E-state index >= 15 is 0 Å². The fraction of sp³-hybridized carbons (Fsp3) is 0.296. The molecule has 0 saturated carbocycles. The summed E-state index contributed by atoms with van der Waals surface area (Å²) in [5.74, 6) is 1.40. The largest absolute Gasteiger partial charge is 0.496 e. The van der Waals surface area contributed by atoms with Crippen LogP contribution in [0.4, 0.5) is 0 Å². The molecule has 0 radical (unpaired) electrons. The van der Waals surface area contributed by atoms with Gasteiger partial charge >= 0.3 is 5.97 Å². The van der Waals surface area contributed by atoms with E-state index in [0.717, 1.165) is 0 Å². The van der Waals surface area contributed by atoms with Crippen LogP contribution < -0.4 is 33.8 Å². The summed E-state index contributed by atoms with van der Waals surface area (Å²) >= 11 is 1.22. The molecule has 1 aliphatic heterocycles. The summed E-state index contributed by atoms with van der Waals surface area (Å²) in [6, 6.07) is 10.0. The lowest BCUT2D eigenvalue weighted by molar-refractivity contribution is -0.139. The van der Waals surface area contributed by atoms with E-state index in [0.29, 0.717) is 49.2 Å². The van der Waals surface area contributed by atoms with Gasteiger partial charge in [0.1, 0.15) is 11.8 Å². The second-order valence-electron chi connectivity index (χ2n) is 8.00. The molecule has 194 valence electrons. The molecule has 0 saturated heterocycles. The highest BCUT2D eigenvalue weighted by Gasteiger charge is 2.35. The number of para-hydroxylation sites is 1. The summed E-state index contributed by atoms with van der Waals surface area (Å²) in [4.78, 5) is 32.0.